The van der Waals surface area contributed by atoms with E-state index in [-0.39, 0.29) is 12.7 Å². The molecule has 0 saturated heterocycles. The Morgan fingerprint density at radius 1 is 1.09 bits per heavy atom. The van der Waals surface area contributed by atoms with Crippen molar-refractivity contribution < 1.29 is 14.3 Å². The van der Waals surface area contributed by atoms with Gasteiger partial charge in [-0.1, -0.05) is 36.4 Å². The Labute approximate surface area is 139 Å². The maximum absolute atomic E-state index is 12.2. The highest BCUT2D eigenvalue weighted by molar-refractivity contribution is 6.67. The van der Waals surface area contributed by atoms with Gasteiger partial charge in [0.1, 0.15) is 6.61 Å². The van der Waals surface area contributed by atoms with E-state index in [9.17, 15) is 9.59 Å². The minimum Gasteiger partial charge on any atom is -0.445 e. The molecule has 1 amide bonds. The number of nitrogens with zero attached hydrogens (tertiary/aromatic N) is 1. The van der Waals surface area contributed by atoms with Gasteiger partial charge in [-0.3, -0.25) is 4.79 Å². The van der Waals surface area contributed by atoms with Crippen LogP contribution in [0.25, 0.3) is 0 Å². The topological polar surface area (TPSA) is 46.6 Å². The lowest BCUT2D eigenvalue weighted by molar-refractivity contribution is 0.0917. The largest absolute Gasteiger partial charge is 0.445 e. The van der Waals surface area contributed by atoms with E-state index in [4.69, 9.17) is 16.3 Å². The van der Waals surface area contributed by atoms with Crippen LogP contribution in [0.5, 0.6) is 0 Å². The van der Waals surface area contributed by atoms with Crippen molar-refractivity contribution in [3.63, 3.8) is 0 Å². The lowest BCUT2D eigenvalue weighted by atomic mass is 9.98. The molecular weight excluding hydrogens is 314 g/mol. The van der Waals surface area contributed by atoms with Crippen LogP contribution in [-0.4, -0.2) is 22.8 Å². The van der Waals surface area contributed by atoms with Crippen molar-refractivity contribution in [1.82, 2.24) is 4.90 Å². The molecule has 0 saturated carbocycles. The molecule has 2 aromatic rings. The SMILES string of the molecule is O=C(Cl)c1ccc2c(c1)CCN(C(=O)OCc1ccccc1)C2. The summed E-state index contributed by atoms with van der Waals surface area (Å²) in [5.41, 5.74) is 3.53. The molecule has 0 spiro atoms. The number of carbonyl (C=O) groups is 2. The predicted octanol–water partition coefficient (Wildman–Crippen LogP) is 3.76. The van der Waals surface area contributed by atoms with E-state index in [0.29, 0.717) is 25.1 Å². The molecule has 1 aliphatic rings. The van der Waals surface area contributed by atoms with E-state index >= 15 is 0 Å². The predicted molar refractivity (Wildman–Crippen MR) is 87.4 cm³/mol. The maximum atomic E-state index is 12.2. The molecule has 0 aromatic heterocycles. The number of ether oxygens (including phenoxy) is 1. The highest BCUT2D eigenvalue weighted by Crippen LogP contribution is 2.22. The molecule has 0 unspecified atom stereocenters. The molecule has 1 heterocycles. The molecule has 4 nitrogen and oxygen atoms in total. The molecule has 23 heavy (non-hydrogen) atoms. The summed E-state index contributed by atoms with van der Waals surface area (Å²) in [5, 5.41) is -0.461. The molecule has 0 radical (unpaired) electrons. The summed E-state index contributed by atoms with van der Waals surface area (Å²) in [4.78, 5) is 25.1. The molecule has 1 aliphatic heterocycles. The molecule has 0 atom stereocenters. The highest BCUT2D eigenvalue weighted by Gasteiger charge is 2.22. The lowest BCUT2D eigenvalue weighted by Crippen LogP contribution is -2.36. The number of hydrogen-bond donors (Lipinski definition) is 0. The van der Waals surface area contributed by atoms with Gasteiger partial charge in [0.2, 0.25) is 0 Å². The molecule has 0 aliphatic carbocycles. The maximum Gasteiger partial charge on any atom is 0.410 e. The Kier molecular flexibility index (Phi) is 4.63. The van der Waals surface area contributed by atoms with Crippen LogP contribution in [0.4, 0.5) is 4.79 Å². The summed E-state index contributed by atoms with van der Waals surface area (Å²) in [6, 6.07) is 14.9. The van der Waals surface area contributed by atoms with E-state index in [1.807, 2.05) is 36.4 Å². The van der Waals surface area contributed by atoms with Gasteiger partial charge in [0.15, 0.2) is 0 Å². The average molecular weight is 330 g/mol. The van der Waals surface area contributed by atoms with Crippen LogP contribution in [0.2, 0.25) is 0 Å². The fourth-order valence-corrected chi connectivity index (χ4v) is 2.76. The zero-order valence-electron chi connectivity index (χ0n) is 12.5. The van der Waals surface area contributed by atoms with Crippen LogP contribution < -0.4 is 0 Å². The fourth-order valence-electron chi connectivity index (χ4n) is 2.64. The van der Waals surface area contributed by atoms with E-state index in [2.05, 4.69) is 0 Å². The van der Waals surface area contributed by atoms with Gasteiger partial charge >= 0.3 is 6.09 Å². The van der Waals surface area contributed by atoms with Gasteiger partial charge < -0.3 is 9.64 Å². The quantitative estimate of drug-likeness (QED) is 0.805. The Morgan fingerprint density at radius 3 is 2.61 bits per heavy atom. The van der Waals surface area contributed by atoms with Crippen molar-refractivity contribution in [2.24, 2.45) is 0 Å². The number of hydrogen-bond acceptors (Lipinski definition) is 3. The van der Waals surface area contributed by atoms with Crippen LogP contribution in [0.1, 0.15) is 27.0 Å². The number of benzene rings is 2. The van der Waals surface area contributed by atoms with Crippen molar-refractivity contribution in [2.75, 3.05) is 6.54 Å². The monoisotopic (exact) mass is 329 g/mol. The second-order valence-electron chi connectivity index (χ2n) is 5.47. The number of carbonyl (C=O) groups excluding carboxylic acids is 2. The zero-order valence-corrected chi connectivity index (χ0v) is 13.3. The summed E-state index contributed by atoms with van der Waals surface area (Å²) < 4.78 is 5.36. The highest BCUT2D eigenvalue weighted by atomic mass is 35.5. The van der Waals surface area contributed by atoms with Crippen molar-refractivity contribution in [3.05, 3.63) is 70.8 Å². The Morgan fingerprint density at radius 2 is 1.87 bits per heavy atom. The van der Waals surface area contributed by atoms with Crippen molar-refractivity contribution in [3.8, 4) is 0 Å². The van der Waals surface area contributed by atoms with E-state index < -0.39 is 5.24 Å². The molecule has 2 aromatic carbocycles. The molecule has 118 valence electrons. The van der Waals surface area contributed by atoms with Crippen LogP contribution in [0, 0.1) is 0 Å². The molecule has 0 N–H and O–H groups in total. The van der Waals surface area contributed by atoms with Gasteiger partial charge in [-0.05, 0) is 46.8 Å². The fraction of sp³-hybridized carbons (Fsp3) is 0.222. The Bertz CT molecular complexity index is 730. The third kappa shape index (κ3) is 3.71. The average Bonchev–Trinajstić information content (AvgIpc) is 2.59. The van der Waals surface area contributed by atoms with Gasteiger partial charge in [0.05, 0.1) is 0 Å². The van der Waals surface area contributed by atoms with Gasteiger partial charge in [-0.15, -0.1) is 0 Å². The van der Waals surface area contributed by atoms with Crippen LogP contribution in [0.3, 0.4) is 0 Å². The van der Waals surface area contributed by atoms with Crippen molar-refractivity contribution in [1.29, 1.82) is 0 Å². The van der Waals surface area contributed by atoms with Crippen LogP contribution in [-0.2, 0) is 24.3 Å². The molecule has 5 heteroatoms. The Hall–Kier alpha value is -2.33. The first-order valence-corrected chi connectivity index (χ1v) is 7.78. The van der Waals surface area contributed by atoms with E-state index in [1.165, 1.54) is 0 Å². The van der Waals surface area contributed by atoms with Crippen LogP contribution >= 0.6 is 11.6 Å². The molecule has 0 bridgehead atoms. The van der Waals surface area contributed by atoms with E-state index in [1.54, 1.807) is 17.0 Å². The van der Waals surface area contributed by atoms with Crippen molar-refractivity contribution in [2.45, 2.75) is 19.6 Å². The van der Waals surface area contributed by atoms with Gasteiger partial charge in [-0.2, -0.15) is 0 Å². The molecular formula is C18H16ClNO3. The first-order valence-electron chi connectivity index (χ1n) is 7.41. The van der Waals surface area contributed by atoms with Crippen LogP contribution in [0.15, 0.2) is 48.5 Å². The zero-order chi connectivity index (χ0) is 16.2. The van der Waals surface area contributed by atoms with Gasteiger partial charge in [-0.25, -0.2) is 4.79 Å². The summed E-state index contributed by atoms with van der Waals surface area (Å²) in [7, 11) is 0. The number of rotatable bonds is 3. The number of fused-ring (bicyclic) bond motifs is 1. The summed E-state index contributed by atoms with van der Waals surface area (Å²) in [6.07, 6.45) is 0.366. The van der Waals surface area contributed by atoms with E-state index in [0.717, 1.165) is 16.7 Å². The first kappa shape index (κ1) is 15.6. The minimum atomic E-state index is -0.461. The molecule has 3 rings (SSSR count). The third-order valence-corrected chi connectivity index (χ3v) is 4.13. The minimum absolute atomic E-state index is 0.267. The van der Waals surface area contributed by atoms with Gasteiger partial charge in [0.25, 0.3) is 5.24 Å². The second kappa shape index (κ2) is 6.84. The second-order valence-corrected chi connectivity index (χ2v) is 5.81. The summed E-state index contributed by atoms with van der Waals surface area (Å²) in [5.74, 6) is 0. The number of amides is 1. The summed E-state index contributed by atoms with van der Waals surface area (Å²) >= 11 is 5.50. The third-order valence-electron chi connectivity index (χ3n) is 3.91. The molecule has 0 fully saturated rings. The standard InChI is InChI=1S/C18H16ClNO3/c19-17(21)15-6-7-16-11-20(9-8-14(16)10-15)18(22)23-12-13-4-2-1-3-5-13/h1-7,10H,8-9,11-12H2. The Balaban J connectivity index is 1.62. The summed E-state index contributed by atoms with van der Waals surface area (Å²) in [6.45, 7) is 1.32. The van der Waals surface area contributed by atoms with Crippen molar-refractivity contribution >= 4 is 22.9 Å². The van der Waals surface area contributed by atoms with Gasteiger partial charge in [0, 0.05) is 18.7 Å². The smallest absolute Gasteiger partial charge is 0.410 e. The first-order chi connectivity index (χ1) is 11.1. The normalized spacial score (nSPS) is 13.3. The lowest BCUT2D eigenvalue weighted by Gasteiger charge is -2.28. The number of halogens is 1.